The number of benzene rings is 3. The SMILES string of the molecule is COc1ccc(/C=C2\Oc3cc(OCc4ccc(Cl)cc4)cc(C)c3C2=O)cc1. The topological polar surface area (TPSA) is 44.8 Å². The summed E-state index contributed by atoms with van der Waals surface area (Å²) in [5.41, 5.74) is 3.25. The van der Waals surface area contributed by atoms with Gasteiger partial charge in [-0.25, -0.2) is 0 Å². The Kier molecular flexibility index (Phi) is 5.28. The van der Waals surface area contributed by atoms with Crippen molar-refractivity contribution >= 4 is 23.5 Å². The summed E-state index contributed by atoms with van der Waals surface area (Å²) in [6, 6.07) is 18.5. The summed E-state index contributed by atoms with van der Waals surface area (Å²) >= 11 is 5.91. The number of fused-ring (bicyclic) bond motifs is 1. The van der Waals surface area contributed by atoms with Gasteiger partial charge >= 0.3 is 0 Å². The molecule has 5 heteroatoms. The molecule has 0 saturated carbocycles. The maximum absolute atomic E-state index is 12.8. The molecule has 0 aromatic heterocycles. The molecule has 1 heterocycles. The summed E-state index contributed by atoms with van der Waals surface area (Å²) in [6.07, 6.45) is 1.73. The first-order valence-corrected chi connectivity index (χ1v) is 9.51. The number of halogens is 1. The van der Waals surface area contributed by atoms with E-state index in [1.807, 2.05) is 61.5 Å². The first-order valence-electron chi connectivity index (χ1n) is 9.13. The quantitative estimate of drug-likeness (QED) is 0.498. The van der Waals surface area contributed by atoms with E-state index < -0.39 is 0 Å². The van der Waals surface area contributed by atoms with Crippen molar-refractivity contribution in [1.82, 2.24) is 0 Å². The molecule has 0 amide bonds. The van der Waals surface area contributed by atoms with Crippen LogP contribution in [0.2, 0.25) is 5.02 Å². The molecule has 0 aliphatic carbocycles. The highest BCUT2D eigenvalue weighted by atomic mass is 35.5. The van der Waals surface area contributed by atoms with E-state index in [1.165, 1.54) is 0 Å². The van der Waals surface area contributed by atoms with E-state index in [9.17, 15) is 4.79 Å². The third kappa shape index (κ3) is 4.13. The second kappa shape index (κ2) is 8.02. The van der Waals surface area contributed by atoms with Gasteiger partial charge in [-0.1, -0.05) is 35.9 Å². The summed E-state index contributed by atoms with van der Waals surface area (Å²) in [7, 11) is 1.61. The Morgan fingerprint density at radius 3 is 2.41 bits per heavy atom. The minimum absolute atomic E-state index is 0.127. The first kappa shape index (κ1) is 19.1. The van der Waals surface area contributed by atoms with Crippen LogP contribution in [-0.2, 0) is 6.61 Å². The molecule has 0 fully saturated rings. The molecule has 0 spiro atoms. The van der Waals surface area contributed by atoms with Crippen LogP contribution in [0.3, 0.4) is 0 Å². The molecule has 0 radical (unpaired) electrons. The van der Waals surface area contributed by atoms with Crippen LogP contribution in [0.15, 0.2) is 66.4 Å². The van der Waals surface area contributed by atoms with Gasteiger partial charge in [-0.3, -0.25) is 4.79 Å². The molecule has 0 unspecified atom stereocenters. The van der Waals surface area contributed by atoms with Crippen molar-refractivity contribution in [3.8, 4) is 17.2 Å². The third-order valence-electron chi connectivity index (χ3n) is 4.68. The smallest absolute Gasteiger partial charge is 0.232 e. The van der Waals surface area contributed by atoms with Crippen LogP contribution >= 0.6 is 11.6 Å². The summed E-state index contributed by atoms with van der Waals surface area (Å²) in [4.78, 5) is 12.8. The van der Waals surface area contributed by atoms with Crippen LogP contribution in [0.5, 0.6) is 17.2 Å². The fraction of sp³-hybridized carbons (Fsp3) is 0.125. The van der Waals surface area contributed by atoms with Crippen molar-refractivity contribution in [2.45, 2.75) is 13.5 Å². The van der Waals surface area contributed by atoms with Crippen LogP contribution in [-0.4, -0.2) is 12.9 Å². The van der Waals surface area contributed by atoms with Crippen LogP contribution in [0.1, 0.15) is 27.0 Å². The van der Waals surface area contributed by atoms with Gasteiger partial charge in [0.2, 0.25) is 5.78 Å². The number of carbonyl (C=O) groups excluding carboxylic acids is 1. The van der Waals surface area contributed by atoms with Crippen LogP contribution < -0.4 is 14.2 Å². The highest BCUT2D eigenvalue weighted by Crippen LogP contribution is 2.37. The minimum Gasteiger partial charge on any atom is -0.497 e. The van der Waals surface area contributed by atoms with E-state index in [0.29, 0.717) is 34.5 Å². The van der Waals surface area contributed by atoms with Gasteiger partial charge in [0, 0.05) is 11.1 Å². The number of hydrogen-bond donors (Lipinski definition) is 0. The van der Waals surface area contributed by atoms with E-state index in [4.69, 9.17) is 25.8 Å². The van der Waals surface area contributed by atoms with Gasteiger partial charge in [-0.05, 0) is 60.0 Å². The summed E-state index contributed by atoms with van der Waals surface area (Å²) in [5, 5.41) is 0.685. The number of hydrogen-bond acceptors (Lipinski definition) is 4. The standard InChI is InChI=1S/C24H19ClO4/c1-15-11-20(28-14-17-3-7-18(25)8-4-17)13-21-23(15)24(26)22(29-21)12-16-5-9-19(27-2)10-6-16/h3-13H,14H2,1-2H3/b22-12-. The van der Waals surface area contributed by atoms with Crippen LogP contribution in [0.25, 0.3) is 6.08 Å². The largest absolute Gasteiger partial charge is 0.497 e. The Bertz CT molecular complexity index is 1080. The Labute approximate surface area is 174 Å². The van der Waals surface area contributed by atoms with Gasteiger partial charge < -0.3 is 14.2 Å². The Morgan fingerprint density at radius 1 is 1.00 bits per heavy atom. The van der Waals surface area contributed by atoms with E-state index in [0.717, 1.165) is 22.4 Å². The van der Waals surface area contributed by atoms with E-state index in [-0.39, 0.29) is 5.78 Å². The molecule has 146 valence electrons. The molecule has 4 rings (SSSR count). The highest BCUT2D eigenvalue weighted by molar-refractivity contribution is 6.30. The second-order valence-electron chi connectivity index (χ2n) is 6.74. The lowest BCUT2D eigenvalue weighted by Gasteiger charge is -2.09. The second-order valence-corrected chi connectivity index (χ2v) is 7.18. The molecule has 3 aromatic carbocycles. The van der Waals surface area contributed by atoms with Gasteiger partial charge in [0.25, 0.3) is 0 Å². The van der Waals surface area contributed by atoms with Crippen LogP contribution in [0.4, 0.5) is 0 Å². The molecule has 29 heavy (non-hydrogen) atoms. The van der Waals surface area contributed by atoms with Crippen molar-refractivity contribution in [3.63, 3.8) is 0 Å². The average Bonchev–Trinajstić information content (AvgIpc) is 3.04. The zero-order valence-electron chi connectivity index (χ0n) is 16.1. The number of carbonyl (C=O) groups is 1. The monoisotopic (exact) mass is 406 g/mol. The number of methoxy groups -OCH3 is 1. The van der Waals surface area contributed by atoms with Crippen LogP contribution in [0, 0.1) is 6.92 Å². The van der Waals surface area contributed by atoms with Crippen molar-refractivity contribution < 1.29 is 19.0 Å². The summed E-state index contributed by atoms with van der Waals surface area (Å²) < 4.78 is 16.9. The normalized spacial score (nSPS) is 13.9. The van der Waals surface area contributed by atoms with E-state index in [2.05, 4.69) is 0 Å². The number of aryl methyl sites for hydroxylation is 1. The summed E-state index contributed by atoms with van der Waals surface area (Å²) in [6.45, 7) is 2.28. The molecule has 0 atom stereocenters. The van der Waals surface area contributed by atoms with E-state index >= 15 is 0 Å². The van der Waals surface area contributed by atoms with Crippen molar-refractivity contribution in [1.29, 1.82) is 0 Å². The van der Waals surface area contributed by atoms with E-state index in [1.54, 1.807) is 19.3 Å². The molecule has 3 aromatic rings. The van der Waals surface area contributed by atoms with Crippen molar-refractivity contribution in [3.05, 3.63) is 93.7 Å². The maximum Gasteiger partial charge on any atom is 0.232 e. The van der Waals surface area contributed by atoms with Crippen molar-refractivity contribution in [2.24, 2.45) is 0 Å². The fourth-order valence-electron chi connectivity index (χ4n) is 3.16. The molecule has 0 bridgehead atoms. The number of ether oxygens (including phenoxy) is 3. The maximum atomic E-state index is 12.8. The number of allylic oxidation sites excluding steroid dienone is 1. The fourth-order valence-corrected chi connectivity index (χ4v) is 3.29. The van der Waals surface area contributed by atoms with Gasteiger partial charge in [-0.15, -0.1) is 0 Å². The number of ketones is 1. The predicted molar refractivity (Wildman–Crippen MR) is 113 cm³/mol. The molecule has 0 N–H and O–H groups in total. The lowest BCUT2D eigenvalue weighted by molar-refractivity contribution is 0.101. The van der Waals surface area contributed by atoms with Crippen molar-refractivity contribution in [2.75, 3.05) is 7.11 Å². The zero-order chi connectivity index (χ0) is 20.4. The molecule has 1 aliphatic rings. The number of rotatable bonds is 5. The third-order valence-corrected chi connectivity index (χ3v) is 4.93. The predicted octanol–water partition coefficient (Wildman–Crippen LogP) is 5.85. The first-order chi connectivity index (χ1) is 14.0. The molecule has 4 nitrogen and oxygen atoms in total. The molecular formula is C24H19ClO4. The molecule has 1 aliphatic heterocycles. The summed E-state index contributed by atoms with van der Waals surface area (Å²) in [5.74, 6) is 2.09. The zero-order valence-corrected chi connectivity index (χ0v) is 16.8. The average molecular weight is 407 g/mol. The molecule has 0 saturated heterocycles. The minimum atomic E-state index is -0.127. The Morgan fingerprint density at radius 2 is 1.72 bits per heavy atom. The molecular weight excluding hydrogens is 388 g/mol. The lowest BCUT2D eigenvalue weighted by atomic mass is 10.0. The Hall–Kier alpha value is -3.24. The highest BCUT2D eigenvalue weighted by Gasteiger charge is 2.30. The Balaban J connectivity index is 1.54. The van der Waals surface area contributed by atoms with Gasteiger partial charge in [0.1, 0.15) is 23.9 Å². The lowest BCUT2D eigenvalue weighted by Crippen LogP contribution is -2.00. The number of Topliss-reactive ketones (excluding diaryl/α,β-unsaturated/α-hetero) is 1. The van der Waals surface area contributed by atoms with Gasteiger partial charge in [0.15, 0.2) is 5.76 Å². The van der Waals surface area contributed by atoms with Gasteiger partial charge in [-0.2, -0.15) is 0 Å². The van der Waals surface area contributed by atoms with Gasteiger partial charge in [0.05, 0.1) is 12.7 Å².